The molecule has 2 rings (SSSR count). The first-order valence-corrected chi connectivity index (χ1v) is 7.64. The Bertz CT molecular complexity index is 794. The molecule has 0 unspecified atom stereocenters. The molecule has 1 N–H and O–H groups in total. The highest BCUT2D eigenvalue weighted by molar-refractivity contribution is 5.91. The highest BCUT2D eigenvalue weighted by Gasteiger charge is 2.13. The lowest BCUT2D eigenvalue weighted by molar-refractivity contribution is -0.124. The molecule has 1 amide bonds. The number of hydrogen-bond acceptors (Lipinski definition) is 5. The van der Waals surface area contributed by atoms with Gasteiger partial charge in [0, 0.05) is 0 Å². The van der Waals surface area contributed by atoms with Crippen molar-refractivity contribution >= 4 is 11.9 Å². The predicted octanol–water partition coefficient (Wildman–Crippen LogP) is 2.60. The summed E-state index contributed by atoms with van der Waals surface area (Å²) in [7, 11) is 1.57. The summed E-state index contributed by atoms with van der Waals surface area (Å²) >= 11 is 0. The van der Waals surface area contributed by atoms with Crippen molar-refractivity contribution in [1.82, 2.24) is 5.32 Å². The van der Waals surface area contributed by atoms with Crippen LogP contribution in [-0.2, 0) is 9.53 Å². The van der Waals surface area contributed by atoms with Crippen LogP contribution in [0.3, 0.4) is 0 Å². The first-order valence-electron chi connectivity index (χ1n) is 7.64. The third kappa shape index (κ3) is 5.08. The van der Waals surface area contributed by atoms with Crippen LogP contribution in [0.2, 0.25) is 0 Å². The highest BCUT2D eigenvalue weighted by Crippen LogP contribution is 2.18. The van der Waals surface area contributed by atoms with Crippen LogP contribution < -0.4 is 10.1 Å². The molecule has 2 aromatic carbocycles. The van der Waals surface area contributed by atoms with Gasteiger partial charge in [0.1, 0.15) is 5.75 Å². The molecule has 0 aliphatic heterocycles. The van der Waals surface area contributed by atoms with E-state index in [2.05, 4.69) is 5.32 Å². The molecule has 128 valence electrons. The van der Waals surface area contributed by atoms with Gasteiger partial charge in [0.2, 0.25) is 0 Å². The first-order chi connectivity index (χ1) is 12.0. The van der Waals surface area contributed by atoms with E-state index in [0.717, 1.165) is 5.56 Å². The second-order valence-electron chi connectivity index (χ2n) is 5.33. The molecule has 0 aliphatic carbocycles. The molecule has 0 heterocycles. The van der Waals surface area contributed by atoms with Gasteiger partial charge in [0.25, 0.3) is 5.91 Å². The summed E-state index contributed by atoms with van der Waals surface area (Å²) in [5.74, 6) is -0.322. The molecule has 0 saturated heterocycles. The zero-order valence-electron chi connectivity index (χ0n) is 14.0. The van der Waals surface area contributed by atoms with Crippen LogP contribution in [0.4, 0.5) is 0 Å². The van der Waals surface area contributed by atoms with E-state index in [1.165, 1.54) is 24.3 Å². The summed E-state index contributed by atoms with van der Waals surface area (Å²) in [5, 5.41) is 11.5. The molecule has 0 spiro atoms. The monoisotopic (exact) mass is 338 g/mol. The third-order valence-electron chi connectivity index (χ3n) is 3.56. The lowest BCUT2D eigenvalue weighted by Gasteiger charge is -2.15. The minimum atomic E-state index is -0.617. The molecule has 0 saturated carbocycles. The average Bonchev–Trinajstić information content (AvgIpc) is 2.66. The summed E-state index contributed by atoms with van der Waals surface area (Å²) in [6.07, 6.45) is 0. The van der Waals surface area contributed by atoms with E-state index in [1.54, 1.807) is 7.11 Å². The van der Waals surface area contributed by atoms with Gasteiger partial charge in [-0.3, -0.25) is 4.79 Å². The molecule has 0 bridgehead atoms. The van der Waals surface area contributed by atoms with E-state index < -0.39 is 11.9 Å². The van der Waals surface area contributed by atoms with Crippen molar-refractivity contribution in [2.75, 3.05) is 13.7 Å². The van der Waals surface area contributed by atoms with Crippen molar-refractivity contribution in [2.24, 2.45) is 0 Å². The lowest BCUT2D eigenvalue weighted by atomic mass is 10.1. The van der Waals surface area contributed by atoms with Crippen LogP contribution in [0.15, 0.2) is 48.5 Å². The number of carbonyl (C=O) groups excluding carboxylic acids is 2. The molecule has 0 aromatic heterocycles. The number of rotatable bonds is 6. The second kappa shape index (κ2) is 8.50. The van der Waals surface area contributed by atoms with Crippen LogP contribution in [0.1, 0.15) is 34.5 Å². The largest absolute Gasteiger partial charge is 0.497 e. The van der Waals surface area contributed by atoms with Gasteiger partial charge in [-0.05, 0) is 48.9 Å². The number of nitrogens with one attached hydrogen (secondary N) is 1. The molecule has 0 fully saturated rings. The first kappa shape index (κ1) is 18.0. The minimum Gasteiger partial charge on any atom is -0.497 e. The summed E-state index contributed by atoms with van der Waals surface area (Å²) in [6, 6.07) is 15.1. The third-order valence-corrected chi connectivity index (χ3v) is 3.56. The van der Waals surface area contributed by atoms with E-state index in [-0.39, 0.29) is 18.2 Å². The number of carbonyl (C=O) groups is 2. The van der Waals surface area contributed by atoms with Gasteiger partial charge < -0.3 is 14.8 Å². The van der Waals surface area contributed by atoms with Gasteiger partial charge in [-0.1, -0.05) is 12.1 Å². The summed E-state index contributed by atoms with van der Waals surface area (Å²) in [5.41, 5.74) is 1.61. The van der Waals surface area contributed by atoms with E-state index in [4.69, 9.17) is 14.7 Å². The number of esters is 1. The van der Waals surface area contributed by atoms with Crippen molar-refractivity contribution in [1.29, 1.82) is 5.26 Å². The van der Waals surface area contributed by atoms with Crippen LogP contribution >= 0.6 is 0 Å². The fraction of sp³-hybridized carbons (Fsp3) is 0.211. The molecule has 2 aromatic rings. The number of ether oxygens (including phenoxy) is 2. The van der Waals surface area contributed by atoms with Gasteiger partial charge >= 0.3 is 5.97 Å². The fourth-order valence-corrected chi connectivity index (χ4v) is 2.17. The van der Waals surface area contributed by atoms with E-state index in [0.29, 0.717) is 11.3 Å². The maximum atomic E-state index is 12.0. The Labute approximate surface area is 146 Å². The van der Waals surface area contributed by atoms with Gasteiger partial charge in [-0.2, -0.15) is 5.26 Å². The maximum Gasteiger partial charge on any atom is 0.338 e. The van der Waals surface area contributed by atoms with Gasteiger partial charge in [-0.25, -0.2) is 4.79 Å². The Morgan fingerprint density at radius 1 is 1.20 bits per heavy atom. The zero-order valence-corrected chi connectivity index (χ0v) is 14.0. The van der Waals surface area contributed by atoms with Crippen molar-refractivity contribution in [2.45, 2.75) is 13.0 Å². The van der Waals surface area contributed by atoms with Crippen molar-refractivity contribution in [3.8, 4) is 11.8 Å². The van der Waals surface area contributed by atoms with Crippen LogP contribution in [-0.4, -0.2) is 25.6 Å². The maximum absolute atomic E-state index is 12.0. The van der Waals surface area contributed by atoms with E-state index in [1.807, 2.05) is 37.3 Å². The fourth-order valence-electron chi connectivity index (χ4n) is 2.17. The number of hydrogen-bond donors (Lipinski definition) is 1. The molecular formula is C19H18N2O4. The molecule has 0 aliphatic rings. The Balaban J connectivity index is 1.86. The lowest BCUT2D eigenvalue weighted by Crippen LogP contribution is -2.31. The number of methoxy groups -OCH3 is 1. The van der Waals surface area contributed by atoms with Crippen molar-refractivity contribution < 1.29 is 19.1 Å². The van der Waals surface area contributed by atoms with Gasteiger partial charge in [-0.15, -0.1) is 0 Å². The van der Waals surface area contributed by atoms with Crippen LogP contribution in [0.5, 0.6) is 5.75 Å². The van der Waals surface area contributed by atoms with Gasteiger partial charge in [0.05, 0.1) is 30.3 Å². The minimum absolute atomic E-state index is 0.254. The molecular weight excluding hydrogens is 320 g/mol. The summed E-state index contributed by atoms with van der Waals surface area (Å²) in [6.45, 7) is 1.45. The number of amides is 1. The summed E-state index contributed by atoms with van der Waals surface area (Å²) < 4.78 is 10.1. The smallest absolute Gasteiger partial charge is 0.338 e. The Morgan fingerprint density at radius 2 is 1.92 bits per heavy atom. The number of nitriles is 1. The van der Waals surface area contributed by atoms with E-state index in [9.17, 15) is 9.59 Å². The molecule has 25 heavy (non-hydrogen) atoms. The number of nitrogens with zero attached hydrogens (tertiary/aromatic N) is 1. The normalized spacial score (nSPS) is 11.1. The van der Waals surface area contributed by atoms with Gasteiger partial charge in [0.15, 0.2) is 6.61 Å². The van der Waals surface area contributed by atoms with Crippen LogP contribution in [0, 0.1) is 11.3 Å². The van der Waals surface area contributed by atoms with E-state index >= 15 is 0 Å². The Kier molecular flexibility index (Phi) is 6.13. The highest BCUT2D eigenvalue weighted by atomic mass is 16.5. The van der Waals surface area contributed by atoms with Crippen molar-refractivity contribution in [3.05, 3.63) is 65.2 Å². The predicted molar refractivity (Wildman–Crippen MR) is 91.0 cm³/mol. The Hall–Kier alpha value is -3.33. The topological polar surface area (TPSA) is 88.4 Å². The van der Waals surface area contributed by atoms with Crippen molar-refractivity contribution in [3.63, 3.8) is 0 Å². The Morgan fingerprint density at radius 3 is 2.56 bits per heavy atom. The molecule has 0 radical (unpaired) electrons. The number of benzene rings is 2. The summed E-state index contributed by atoms with van der Waals surface area (Å²) in [4.78, 5) is 23.8. The zero-order chi connectivity index (χ0) is 18.2. The van der Waals surface area contributed by atoms with Crippen LogP contribution in [0.25, 0.3) is 0 Å². The average molecular weight is 338 g/mol. The molecule has 6 nitrogen and oxygen atoms in total. The SMILES string of the molecule is COc1cccc([C@H](C)NC(=O)COC(=O)c2ccc(C#N)cc2)c1. The molecule has 1 atom stereocenters. The molecule has 6 heteroatoms. The second-order valence-corrected chi connectivity index (χ2v) is 5.33. The quantitative estimate of drug-likeness (QED) is 0.818. The standard InChI is InChI=1S/C19H18N2O4/c1-13(16-4-3-5-17(10-16)24-2)21-18(22)12-25-19(23)15-8-6-14(11-20)7-9-15/h3-10,13H,12H2,1-2H3,(H,21,22)/t13-/m0/s1.